The van der Waals surface area contributed by atoms with Crippen molar-refractivity contribution < 1.29 is 4.52 Å². The maximum Gasteiger partial charge on any atom is 0.258 e. The quantitative estimate of drug-likeness (QED) is 0.831. The summed E-state index contributed by atoms with van der Waals surface area (Å²) in [7, 11) is 0. The summed E-state index contributed by atoms with van der Waals surface area (Å²) in [5, 5.41) is 5.81. The van der Waals surface area contributed by atoms with Crippen LogP contribution in [0.5, 0.6) is 0 Å². The molecule has 0 bridgehead atoms. The van der Waals surface area contributed by atoms with Crippen molar-refractivity contribution in [2.45, 2.75) is 13.3 Å². The molecule has 13 heavy (non-hydrogen) atoms. The van der Waals surface area contributed by atoms with Crippen molar-refractivity contribution in [3.8, 4) is 11.5 Å². The van der Waals surface area contributed by atoms with Crippen molar-refractivity contribution >= 4 is 27.3 Å². The van der Waals surface area contributed by atoms with E-state index in [1.54, 1.807) is 11.3 Å². The maximum absolute atomic E-state index is 5.08. The molecule has 3 nitrogen and oxygen atoms in total. The Morgan fingerprint density at radius 2 is 2.46 bits per heavy atom. The Labute approximate surface area is 87.9 Å². The third-order valence-electron chi connectivity index (χ3n) is 1.60. The minimum atomic E-state index is 0.596. The van der Waals surface area contributed by atoms with Gasteiger partial charge in [-0.2, -0.15) is 4.98 Å². The first kappa shape index (κ1) is 8.90. The van der Waals surface area contributed by atoms with Gasteiger partial charge >= 0.3 is 0 Å². The number of nitrogens with zero attached hydrogens (tertiary/aromatic N) is 2. The van der Waals surface area contributed by atoms with E-state index in [-0.39, 0.29) is 0 Å². The van der Waals surface area contributed by atoms with Crippen LogP contribution >= 0.6 is 27.3 Å². The Bertz CT molecular complexity index is 410. The predicted octanol–water partition coefficient (Wildman–Crippen LogP) is 3.12. The molecule has 0 N–H and O–H groups in total. The van der Waals surface area contributed by atoms with Crippen LogP contribution in [-0.2, 0) is 6.42 Å². The van der Waals surface area contributed by atoms with Gasteiger partial charge in [-0.1, -0.05) is 12.1 Å². The van der Waals surface area contributed by atoms with E-state index in [4.69, 9.17) is 4.52 Å². The van der Waals surface area contributed by atoms with Gasteiger partial charge in [0.05, 0.1) is 9.35 Å². The van der Waals surface area contributed by atoms with Crippen LogP contribution in [0.2, 0.25) is 0 Å². The van der Waals surface area contributed by atoms with Gasteiger partial charge in [0.2, 0.25) is 0 Å². The molecule has 2 rings (SSSR count). The van der Waals surface area contributed by atoms with Gasteiger partial charge in [0.15, 0.2) is 5.82 Å². The molecule has 0 atom stereocenters. The number of aromatic nitrogens is 2. The minimum Gasteiger partial charge on any atom is -0.334 e. The van der Waals surface area contributed by atoms with Gasteiger partial charge in [-0.3, -0.25) is 0 Å². The zero-order valence-electron chi connectivity index (χ0n) is 6.95. The van der Waals surface area contributed by atoms with Crippen molar-refractivity contribution in [3.63, 3.8) is 0 Å². The topological polar surface area (TPSA) is 38.9 Å². The highest BCUT2D eigenvalue weighted by Gasteiger charge is 2.08. The molecule has 5 heteroatoms. The lowest BCUT2D eigenvalue weighted by molar-refractivity contribution is 0.423. The molecule has 68 valence electrons. The zero-order valence-corrected chi connectivity index (χ0v) is 9.35. The van der Waals surface area contributed by atoms with Crippen LogP contribution < -0.4 is 0 Å². The summed E-state index contributed by atoms with van der Waals surface area (Å²) in [4.78, 5) is 4.22. The average molecular weight is 259 g/mol. The molecular formula is C8H7BrN2OS. The standard InChI is InChI=1S/C8H7BrN2OS/c1-2-7-10-8(12-11-7)5-3-6(9)13-4-5/h3-4H,2H2,1H3. The summed E-state index contributed by atoms with van der Waals surface area (Å²) in [6, 6.07) is 1.97. The van der Waals surface area contributed by atoms with E-state index in [0.29, 0.717) is 5.89 Å². The van der Waals surface area contributed by atoms with Gasteiger partial charge < -0.3 is 4.52 Å². The van der Waals surface area contributed by atoms with Crippen LogP contribution in [0.15, 0.2) is 19.8 Å². The van der Waals surface area contributed by atoms with Crippen molar-refractivity contribution in [2.24, 2.45) is 0 Å². The second-order valence-electron chi connectivity index (χ2n) is 2.51. The number of rotatable bonds is 2. The number of halogens is 1. The first-order valence-electron chi connectivity index (χ1n) is 3.86. The molecule has 0 saturated heterocycles. The number of hydrogen-bond donors (Lipinski definition) is 0. The lowest BCUT2D eigenvalue weighted by Crippen LogP contribution is -1.80. The second kappa shape index (κ2) is 3.59. The lowest BCUT2D eigenvalue weighted by Gasteiger charge is -1.82. The highest BCUT2D eigenvalue weighted by Crippen LogP contribution is 2.27. The van der Waals surface area contributed by atoms with Crippen molar-refractivity contribution in [1.82, 2.24) is 10.1 Å². The van der Waals surface area contributed by atoms with E-state index in [2.05, 4.69) is 26.1 Å². The normalized spacial score (nSPS) is 10.6. The van der Waals surface area contributed by atoms with Crippen LogP contribution in [0.25, 0.3) is 11.5 Å². The zero-order chi connectivity index (χ0) is 9.26. The van der Waals surface area contributed by atoms with Crippen LogP contribution in [0.3, 0.4) is 0 Å². The smallest absolute Gasteiger partial charge is 0.258 e. The summed E-state index contributed by atoms with van der Waals surface area (Å²) in [5.74, 6) is 1.34. The Hall–Kier alpha value is -0.680. The third kappa shape index (κ3) is 1.81. The molecule has 0 spiro atoms. The van der Waals surface area contributed by atoms with Gasteiger partial charge in [-0.05, 0) is 22.0 Å². The highest BCUT2D eigenvalue weighted by atomic mass is 79.9. The Morgan fingerprint density at radius 3 is 3.00 bits per heavy atom. The number of aryl methyl sites for hydroxylation is 1. The summed E-state index contributed by atoms with van der Waals surface area (Å²) in [5.41, 5.74) is 0.976. The molecule has 0 unspecified atom stereocenters. The SMILES string of the molecule is CCc1noc(-c2csc(Br)c2)n1. The molecule has 0 aliphatic carbocycles. The summed E-state index contributed by atoms with van der Waals surface area (Å²) < 4.78 is 6.15. The molecule has 2 aromatic rings. The van der Waals surface area contributed by atoms with E-state index in [1.165, 1.54) is 0 Å². The molecule has 0 aliphatic heterocycles. The lowest BCUT2D eigenvalue weighted by atomic mass is 10.3. The third-order valence-corrected chi connectivity index (χ3v) is 3.10. The monoisotopic (exact) mass is 258 g/mol. The second-order valence-corrected chi connectivity index (χ2v) is 4.80. The number of thiophene rings is 1. The van der Waals surface area contributed by atoms with Crippen LogP contribution in [-0.4, -0.2) is 10.1 Å². The largest absolute Gasteiger partial charge is 0.334 e. The molecule has 0 saturated carbocycles. The molecular weight excluding hydrogens is 252 g/mol. The van der Waals surface area contributed by atoms with E-state index >= 15 is 0 Å². The summed E-state index contributed by atoms with van der Waals surface area (Å²) in [6.07, 6.45) is 0.800. The van der Waals surface area contributed by atoms with E-state index < -0.39 is 0 Å². The Kier molecular flexibility index (Phi) is 2.46. The predicted molar refractivity (Wildman–Crippen MR) is 54.7 cm³/mol. The van der Waals surface area contributed by atoms with E-state index in [0.717, 1.165) is 21.6 Å². The number of hydrogen-bond acceptors (Lipinski definition) is 4. The molecule has 0 aliphatic rings. The van der Waals surface area contributed by atoms with Crippen LogP contribution in [0.1, 0.15) is 12.7 Å². The van der Waals surface area contributed by atoms with Crippen molar-refractivity contribution in [3.05, 3.63) is 21.1 Å². The molecule has 0 aromatic carbocycles. The molecule has 0 amide bonds. The average Bonchev–Trinajstić information content (AvgIpc) is 2.71. The van der Waals surface area contributed by atoms with Gasteiger partial charge in [-0.25, -0.2) is 0 Å². The van der Waals surface area contributed by atoms with Gasteiger partial charge in [0.25, 0.3) is 5.89 Å². The Balaban J connectivity index is 2.35. The Morgan fingerprint density at radius 1 is 1.62 bits per heavy atom. The fraction of sp³-hybridized carbons (Fsp3) is 0.250. The van der Waals surface area contributed by atoms with Crippen molar-refractivity contribution in [2.75, 3.05) is 0 Å². The first-order chi connectivity index (χ1) is 6.29. The molecule has 2 heterocycles. The first-order valence-corrected chi connectivity index (χ1v) is 5.54. The van der Waals surface area contributed by atoms with E-state index in [1.807, 2.05) is 18.4 Å². The van der Waals surface area contributed by atoms with Gasteiger partial charge in [-0.15, -0.1) is 11.3 Å². The minimum absolute atomic E-state index is 0.596. The fourth-order valence-electron chi connectivity index (χ4n) is 0.937. The highest BCUT2D eigenvalue weighted by molar-refractivity contribution is 9.11. The van der Waals surface area contributed by atoms with Gasteiger partial charge in [0.1, 0.15) is 0 Å². The van der Waals surface area contributed by atoms with E-state index in [9.17, 15) is 0 Å². The maximum atomic E-state index is 5.08. The van der Waals surface area contributed by atoms with Gasteiger partial charge in [0, 0.05) is 11.8 Å². The molecule has 2 aromatic heterocycles. The fourth-order valence-corrected chi connectivity index (χ4v) is 2.07. The van der Waals surface area contributed by atoms with Crippen molar-refractivity contribution in [1.29, 1.82) is 0 Å². The molecule has 0 fully saturated rings. The van der Waals surface area contributed by atoms with Crippen LogP contribution in [0.4, 0.5) is 0 Å². The summed E-state index contributed by atoms with van der Waals surface area (Å²) >= 11 is 4.99. The summed E-state index contributed by atoms with van der Waals surface area (Å²) in [6.45, 7) is 2.00. The van der Waals surface area contributed by atoms with Crippen LogP contribution in [0, 0.1) is 0 Å². The molecule has 0 radical (unpaired) electrons.